The number of hydrogen-bond donors (Lipinski definition) is 3. The van der Waals surface area contributed by atoms with E-state index in [1.165, 1.54) is 0 Å². The van der Waals surface area contributed by atoms with E-state index < -0.39 is 6.04 Å². The van der Waals surface area contributed by atoms with Gasteiger partial charge in [0.05, 0.1) is 22.4 Å². The zero-order valence-electron chi connectivity index (χ0n) is 16.1. The lowest BCUT2D eigenvalue weighted by atomic mass is 10.00. The van der Waals surface area contributed by atoms with Gasteiger partial charge in [-0.15, -0.1) is 0 Å². The van der Waals surface area contributed by atoms with Gasteiger partial charge in [0, 0.05) is 27.0 Å². The van der Waals surface area contributed by atoms with E-state index in [1.807, 2.05) is 42.5 Å². The van der Waals surface area contributed by atoms with Gasteiger partial charge in [-0.05, 0) is 42.0 Å². The van der Waals surface area contributed by atoms with Crippen molar-refractivity contribution in [1.29, 1.82) is 0 Å². The molecule has 0 bridgehead atoms. The molecule has 31 heavy (non-hydrogen) atoms. The van der Waals surface area contributed by atoms with Gasteiger partial charge in [-0.2, -0.15) is 0 Å². The van der Waals surface area contributed by atoms with E-state index in [0.29, 0.717) is 33.9 Å². The predicted octanol–water partition coefficient (Wildman–Crippen LogP) is 4.67. The van der Waals surface area contributed by atoms with Crippen molar-refractivity contribution in [3.05, 3.63) is 97.3 Å². The molecule has 8 heteroatoms. The monoisotopic (exact) mass is 494 g/mol. The van der Waals surface area contributed by atoms with Crippen molar-refractivity contribution in [2.45, 2.75) is 12.5 Å². The first-order valence-electron chi connectivity index (χ1n) is 9.62. The molecule has 1 amide bonds. The van der Waals surface area contributed by atoms with Crippen LogP contribution in [-0.2, 0) is 11.2 Å². The number of benzodiazepines with no additional fused rings is 1. The first-order chi connectivity index (χ1) is 15.0. The molecule has 3 N–H and O–H groups in total. The first-order valence-corrected chi connectivity index (χ1v) is 10.8. The summed E-state index contributed by atoms with van der Waals surface area (Å²) in [5, 5.41) is 3.53. The molecule has 0 aliphatic carbocycles. The highest BCUT2D eigenvalue weighted by Crippen LogP contribution is 2.29. The van der Waals surface area contributed by atoms with E-state index in [-0.39, 0.29) is 11.6 Å². The molecular weight excluding hydrogens is 480 g/mol. The predicted molar refractivity (Wildman–Crippen MR) is 126 cm³/mol. The lowest BCUT2D eigenvalue weighted by Crippen LogP contribution is -2.27. The van der Waals surface area contributed by atoms with E-state index in [1.54, 1.807) is 18.2 Å². The Morgan fingerprint density at radius 2 is 1.77 bits per heavy atom. The summed E-state index contributed by atoms with van der Waals surface area (Å²) in [5.74, 6) is -0.189. The molecule has 6 nitrogen and oxygen atoms in total. The van der Waals surface area contributed by atoms with E-state index in [0.717, 1.165) is 21.2 Å². The Hall–Kier alpha value is -3.16. The molecule has 5 rings (SSSR count). The van der Waals surface area contributed by atoms with Crippen LogP contribution in [-0.4, -0.2) is 27.6 Å². The van der Waals surface area contributed by atoms with Gasteiger partial charge in [0.2, 0.25) is 5.91 Å². The normalized spacial score (nSPS) is 15.9. The second kappa shape index (κ2) is 7.83. The summed E-state index contributed by atoms with van der Waals surface area (Å²) < 4.78 is 0.927. The van der Waals surface area contributed by atoms with E-state index in [4.69, 9.17) is 16.6 Å². The van der Waals surface area contributed by atoms with Crippen LogP contribution in [0.3, 0.4) is 0 Å². The minimum absolute atomic E-state index is 0.189. The van der Waals surface area contributed by atoms with E-state index >= 15 is 0 Å². The average molecular weight is 496 g/mol. The van der Waals surface area contributed by atoms with Gasteiger partial charge in [0.15, 0.2) is 0 Å². The fraction of sp³-hybridized carbons (Fsp3) is 0.0870. The molecule has 1 atom stereocenters. The van der Waals surface area contributed by atoms with Gasteiger partial charge in [-0.25, -0.2) is 4.79 Å². The number of hydrogen-bond acceptors (Lipinski definition) is 3. The van der Waals surface area contributed by atoms with Crippen LogP contribution in [0.15, 0.2) is 74.9 Å². The highest BCUT2D eigenvalue weighted by Gasteiger charge is 2.27. The van der Waals surface area contributed by atoms with Gasteiger partial charge in [-0.3, -0.25) is 9.79 Å². The number of anilines is 1. The van der Waals surface area contributed by atoms with E-state index in [9.17, 15) is 9.59 Å². The summed E-state index contributed by atoms with van der Waals surface area (Å²) in [6.07, 6.45) is 0.432. The van der Waals surface area contributed by atoms with Crippen molar-refractivity contribution in [2.24, 2.45) is 4.99 Å². The number of imidazole rings is 1. The molecular formula is C23H16BrClN4O2. The third-order valence-electron chi connectivity index (χ3n) is 5.24. The number of aliphatic imine (C=N–C) groups is 1. The van der Waals surface area contributed by atoms with Crippen LogP contribution in [0.5, 0.6) is 0 Å². The summed E-state index contributed by atoms with van der Waals surface area (Å²) in [5.41, 5.74) is 4.87. The number of aromatic nitrogens is 2. The SMILES string of the molecule is O=C1Nc2ccc(Cl)cc2C(c2ccc3[nH]c(=O)[nH]c3c2)=NC1Cc1ccccc1Br. The largest absolute Gasteiger partial charge is 0.324 e. The molecule has 1 aromatic heterocycles. The topological polar surface area (TPSA) is 90.1 Å². The number of rotatable bonds is 3. The summed E-state index contributed by atoms with van der Waals surface area (Å²) >= 11 is 9.83. The molecule has 0 saturated heterocycles. The zero-order chi connectivity index (χ0) is 21.5. The molecule has 2 heterocycles. The smallest absolute Gasteiger partial charge is 0.323 e. The van der Waals surface area contributed by atoms with Crippen LogP contribution in [0.1, 0.15) is 16.7 Å². The number of nitrogens with one attached hydrogen (secondary N) is 3. The molecule has 0 saturated carbocycles. The van der Waals surface area contributed by atoms with Crippen molar-refractivity contribution in [1.82, 2.24) is 9.97 Å². The Balaban J connectivity index is 1.67. The van der Waals surface area contributed by atoms with Gasteiger partial charge < -0.3 is 15.3 Å². The number of benzene rings is 3. The molecule has 3 aromatic carbocycles. The maximum Gasteiger partial charge on any atom is 0.323 e. The Morgan fingerprint density at radius 3 is 2.61 bits per heavy atom. The van der Waals surface area contributed by atoms with Crippen molar-refractivity contribution in [3.63, 3.8) is 0 Å². The quantitative estimate of drug-likeness (QED) is 0.385. The third-order valence-corrected chi connectivity index (χ3v) is 6.25. The van der Waals surface area contributed by atoms with Crippen LogP contribution in [0.4, 0.5) is 5.69 Å². The molecule has 1 aliphatic rings. The zero-order valence-corrected chi connectivity index (χ0v) is 18.4. The van der Waals surface area contributed by atoms with Crippen molar-refractivity contribution >= 4 is 55.9 Å². The third kappa shape index (κ3) is 3.82. The highest BCUT2D eigenvalue weighted by molar-refractivity contribution is 9.10. The van der Waals surface area contributed by atoms with Crippen LogP contribution < -0.4 is 11.0 Å². The van der Waals surface area contributed by atoms with Gasteiger partial charge in [0.1, 0.15) is 6.04 Å². The minimum atomic E-state index is -0.638. The molecule has 0 fully saturated rings. The van der Waals surface area contributed by atoms with Crippen molar-refractivity contribution in [2.75, 3.05) is 5.32 Å². The number of carbonyl (C=O) groups excluding carboxylic acids is 1. The van der Waals surface area contributed by atoms with Crippen LogP contribution in [0.2, 0.25) is 5.02 Å². The fourth-order valence-corrected chi connectivity index (χ4v) is 4.36. The van der Waals surface area contributed by atoms with Crippen LogP contribution in [0, 0.1) is 0 Å². The van der Waals surface area contributed by atoms with Crippen molar-refractivity contribution in [3.8, 4) is 0 Å². The Labute approximate surface area is 190 Å². The molecule has 1 unspecified atom stereocenters. The fourth-order valence-electron chi connectivity index (χ4n) is 3.74. The molecule has 4 aromatic rings. The summed E-state index contributed by atoms with van der Waals surface area (Å²) in [6, 6.07) is 18.0. The van der Waals surface area contributed by atoms with Crippen LogP contribution in [0.25, 0.3) is 11.0 Å². The standard InChI is InChI=1S/C23H16BrClN4O2/c24-16-4-2-1-3-12(16)9-20-22(30)27-17-8-6-14(25)11-15(17)21(26-20)13-5-7-18-19(10-13)29-23(31)28-18/h1-8,10-11,20H,9H2,(H,27,30)(H2,28,29,31). The lowest BCUT2D eigenvalue weighted by Gasteiger charge is -2.12. The average Bonchev–Trinajstić information content (AvgIpc) is 3.06. The summed E-state index contributed by atoms with van der Waals surface area (Å²) in [6.45, 7) is 0. The number of amides is 1. The number of fused-ring (bicyclic) bond motifs is 2. The Kier molecular flexibility index (Phi) is 5.00. The number of halogens is 2. The summed E-state index contributed by atoms with van der Waals surface area (Å²) in [4.78, 5) is 35.1. The van der Waals surface area contributed by atoms with Crippen molar-refractivity contribution < 1.29 is 4.79 Å². The maximum atomic E-state index is 13.1. The highest BCUT2D eigenvalue weighted by atomic mass is 79.9. The minimum Gasteiger partial charge on any atom is -0.324 e. The number of carbonyl (C=O) groups is 1. The number of aromatic amines is 2. The molecule has 1 aliphatic heterocycles. The number of nitrogens with zero attached hydrogens (tertiary/aromatic N) is 1. The van der Waals surface area contributed by atoms with Gasteiger partial charge in [0.25, 0.3) is 0 Å². The summed E-state index contributed by atoms with van der Waals surface area (Å²) in [7, 11) is 0. The van der Waals surface area contributed by atoms with Crippen LogP contribution >= 0.6 is 27.5 Å². The number of H-pyrrole nitrogens is 2. The molecule has 0 spiro atoms. The lowest BCUT2D eigenvalue weighted by molar-refractivity contribution is -0.117. The molecule has 0 radical (unpaired) electrons. The Morgan fingerprint density at radius 1 is 0.968 bits per heavy atom. The van der Waals surface area contributed by atoms with Gasteiger partial charge in [-0.1, -0.05) is 51.8 Å². The maximum absolute atomic E-state index is 13.1. The second-order valence-electron chi connectivity index (χ2n) is 7.31. The molecule has 154 valence electrons. The van der Waals surface area contributed by atoms with Gasteiger partial charge >= 0.3 is 5.69 Å². The first kappa shape index (κ1) is 19.8. The second-order valence-corrected chi connectivity index (χ2v) is 8.60. The Bertz CT molecular complexity index is 1420. The van der Waals surface area contributed by atoms with E-state index in [2.05, 4.69) is 31.2 Å².